The molecule has 0 spiro atoms. The summed E-state index contributed by atoms with van der Waals surface area (Å²) in [6, 6.07) is 6.40. The number of hydrogen-bond acceptors (Lipinski definition) is 5. The van der Waals surface area contributed by atoms with Gasteiger partial charge in [-0.2, -0.15) is 0 Å². The molecule has 1 aliphatic heterocycles. The van der Waals surface area contributed by atoms with E-state index in [2.05, 4.69) is 20.6 Å². The fourth-order valence-electron chi connectivity index (χ4n) is 2.49. The summed E-state index contributed by atoms with van der Waals surface area (Å²) in [7, 11) is 0. The average molecular weight is 349 g/mol. The van der Waals surface area contributed by atoms with Gasteiger partial charge in [-0.3, -0.25) is 5.32 Å². The quantitative estimate of drug-likeness (QED) is 0.792. The molecule has 0 bridgehead atoms. The number of nitrogens with one attached hydrogen (secondary N) is 2. The number of aliphatic hydroxyl groups excluding tert-OH is 1. The average Bonchev–Trinajstić information content (AvgIpc) is 2.56. The van der Waals surface area contributed by atoms with E-state index in [-0.39, 0.29) is 11.9 Å². The number of ether oxygens (including phenoxy) is 1. The summed E-state index contributed by atoms with van der Waals surface area (Å²) in [5.41, 5.74) is 0.844. The van der Waals surface area contributed by atoms with Crippen LogP contribution in [0.2, 0.25) is 5.02 Å². The molecular weight excluding hydrogens is 332 g/mol. The van der Waals surface area contributed by atoms with Gasteiger partial charge in [0.1, 0.15) is 17.7 Å². The van der Waals surface area contributed by atoms with E-state index >= 15 is 0 Å². The van der Waals surface area contributed by atoms with Crippen molar-refractivity contribution in [1.29, 1.82) is 0 Å². The Kier molecular flexibility index (Phi) is 4.82. The first-order valence-electron chi connectivity index (χ1n) is 7.54. The van der Waals surface area contributed by atoms with Crippen LogP contribution in [-0.2, 0) is 0 Å². The number of aromatic nitrogens is 2. The number of hydrogen-bond donors (Lipinski definition) is 3. The molecule has 126 valence electrons. The van der Waals surface area contributed by atoms with Gasteiger partial charge in [0.2, 0.25) is 0 Å². The Labute approximate surface area is 144 Å². The summed E-state index contributed by atoms with van der Waals surface area (Å²) < 4.78 is 5.57. The van der Waals surface area contributed by atoms with Gasteiger partial charge in [-0.05, 0) is 19.1 Å². The highest BCUT2D eigenvalue weighted by Crippen LogP contribution is 2.37. The molecule has 8 heteroatoms. The smallest absolute Gasteiger partial charge is 0.320 e. The van der Waals surface area contributed by atoms with Crippen LogP contribution in [0.25, 0.3) is 0 Å². The minimum absolute atomic E-state index is 0.203. The molecule has 2 atom stereocenters. The minimum Gasteiger partial charge on any atom is -0.492 e. The molecule has 1 aliphatic rings. The third-order valence-corrected chi connectivity index (χ3v) is 3.92. The number of amides is 2. The van der Waals surface area contributed by atoms with Crippen LogP contribution in [-0.4, -0.2) is 27.7 Å². The highest BCUT2D eigenvalue weighted by molar-refractivity contribution is 6.32. The maximum atomic E-state index is 12.2. The van der Waals surface area contributed by atoms with Gasteiger partial charge in [0.15, 0.2) is 5.82 Å². The number of para-hydroxylation sites is 1. The Morgan fingerprint density at radius 2 is 2.29 bits per heavy atom. The highest BCUT2D eigenvalue weighted by Gasteiger charge is 2.24. The zero-order valence-corrected chi connectivity index (χ0v) is 13.7. The first-order valence-corrected chi connectivity index (χ1v) is 7.92. The number of benzene rings is 1. The Morgan fingerprint density at radius 3 is 3.08 bits per heavy atom. The van der Waals surface area contributed by atoms with Crippen LogP contribution in [0.1, 0.15) is 36.9 Å². The van der Waals surface area contributed by atoms with Gasteiger partial charge in [0.25, 0.3) is 0 Å². The van der Waals surface area contributed by atoms with Gasteiger partial charge in [-0.15, -0.1) is 0 Å². The molecule has 0 unspecified atom stereocenters. The van der Waals surface area contributed by atoms with Gasteiger partial charge < -0.3 is 15.2 Å². The van der Waals surface area contributed by atoms with Crippen LogP contribution in [0.4, 0.5) is 10.6 Å². The monoisotopic (exact) mass is 348 g/mol. The number of anilines is 1. The van der Waals surface area contributed by atoms with Crippen LogP contribution < -0.4 is 15.4 Å². The molecule has 1 aromatic carbocycles. The summed E-state index contributed by atoms with van der Waals surface area (Å²) in [6.45, 7) is 2.03. The van der Waals surface area contributed by atoms with Crippen molar-refractivity contribution < 1.29 is 14.6 Å². The second-order valence-corrected chi connectivity index (χ2v) is 5.83. The first-order chi connectivity index (χ1) is 11.5. The number of rotatable bonds is 3. The molecule has 2 amide bonds. The van der Waals surface area contributed by atoms with E-state index in [1.807, 2.05) is 12.1 Å². The zero-order valence-electron chi connectivity index (χ0n) is 13.0. The van der Waals surface area contributed by atoms with Crippen LogP contribution in [0.3, 0.4) is 0 Å². The van der Waals surface area contributed by atoms with Crippen LogP contribution in [0.15, 0.2) is 30.5 Å². The third kappa shape index (κ3) is 3.58. The van der Waals surface area contributed by atoms with Gasteiger partial charge >= 0.3 is 6.03 Å². The molecule has 1 aromatic heterocycles. The molecule has 0 saturated heterocycles. The molecular formula is C16H17ClN4O3. The Morgan fingerprint density at radius 1 is 1.46 bits per heavy atom. The summed E-state index contributed by atoms with van der Waals surface area (Å²) in [4.78, 5) is 20.3. The molecule has 2 heterocycles. The van der Waals surface area contributed by atoms with Crippen molar-refractivity contribution >= 4 is 23.4 Å². The number of halogens is 1. The lowest BCUT2D eigenvalue weighted by atomic mass is 10.0. The summed E-state index contributed by atoms with van der Waals surface area (Å²) in [5.74, 6) is 1.17. The Balaban J connectivity index is 1.70. The van der Waals surface area contributed by atoms with E-state index in [0.717, 1.165) is 5.56 Å². The second kappa shape index (κ2) is 7.02. The summed E-state index contributed by atoms with van der Waals surface area (Å²) in [6.07, 6.45) is 1.32. The summed E-state index contributed by atoms with van der Waals surface area (Å²) >= 11 is 6.13. The Bertz CT molecular complexity index is 754. The van der Waals surface area contributed by atoms with Crippen LogP contribution in [0, 0.1) is 0 Å². The molecule has 24 heavy (non-hydrogen) atoms. The van der Waals surface area contributed by atoms with E-state index in [4.69, 9.17) is 16.3 Å². The molecule has 3 N–H and O–H groups in total. The maximum Gasteiger partial charge on any atom is 0.320 e. The lowest BCUT2D eigenvalue weighted by Gasteiger charge is -2.27. The lowest BCUT2D eigenvalue weighted by Crippen LogP contribution is -2.35. The van der Waals surface area contributed by atoms with Gasteiger partial charge in [-0.1, -0.05) is 23.7 Å². The zero-order chi connectivity index (χ0) is 17.1. The largest absolute Gasteiger partial charge is 0.492 e. The number of carbonyl (C=O) groups excluding carboxylic acids is 1. The summed E-state index contributed by atoms with van der Waals surface area (Å²) in [5, 5.41) is 15.6. The van der Waals surface area contributed by atoms with E-state index in [1.165, 1.54) is 6.20 Å². The van der Waals surface area contributed by atoms with Crippen molar-refractivity contribution in [2.45, 2.75) is 25.5 Å². The number of urea groups is 1. The molecule has 0 fully saturated rings. The SMILES string of the molecule is C[C@H](O)c1nccc(NC(=O)N[C@H]2CCOc3c(Cl)cccc32)n1. The molecule has 7 nitrogen and oxygen atoms in total. The number of carbonyl (C=O) groups is 1. The molecule has 0 radical (unpaired) electrons. The van der Waals surface area contributed by atoms with Crippen molar-refractivity contribution in [3.05, 3.63) is 46.9 Å². The van der Waals surface area contributed by atoms with Crippen LogP contribution in [0.5, 0.6) is 5.75 Å². The highest BCUT2D eigenvalue weighted by atomic mass is 35.5. The molecule has 0 saturated carbocycles. The standard InChI is InChI=1S/C16H17ClN4O3/c1-9(22)15-18-7-5-13(20-15)21-16(23)19-12-6-8-24-14-10(12)3-2-4-11(14)17/h2-5,7,9,12,22H,6,8H2,1H3,(H2,18,19,20,21,23)/t9-,12-/m0/s1. The van der Waals surface area contributed by atoms with Crippen molar-refractivity contribution in [2.24, 2.45) is 0 Å². The Hall–Kier alpha value is -2.38. The minimum atomic E-state index is -0.806. The fourth-order valence-corrected chi connectivity index (χ4v) is 2.73. The van der Waals surface area contributed by atoms with Gasteiger partial charge in [-0.25, -0.2) is 14.8 Å². The fraction of sp³-hybridized carbons (Fsp3) is 0.312. The topological polar surface area (TPSA) is 96.4 Å². The van der Waals surface area contributed by atoms with Crippen molar-refractivity contribution in [1.82, 2.24) is 15.3 Å². The molecule has 0 aliphatic carbocycles. The van der Waals surface area contributed by atoms with Crippen LogP contribution >= 0.6 is 11.6 Å². The predicted octanol–water partition coefficient (Wildman–Crippen LogP) is 2.83. The maximum absolute atomic E-state index is 12.2. The number of aliphatic hydroxyl groups is 1. The normalized spacial score (nSPS) is 17.4. The molecule has 3 rings (SSSR count). The molecule has 2 aromatic rings. The van der Waals surface area contributed by atoms with E-state index in [0.29, 0.717) is 29.6 Å². The van der Waals surface area contributed by atoms with Crippen molar-refractivity contribution in [3.63, 3.8) is 0 Å². The first kappa shape index (κ1) is 16.5. The predicted molar refractivity (Wildman–Crippen MR) is 89.1 cm³/mol. The second-order valence-electron chi connectivity index (χ2n) is 5.42. The lowest BCUT2D eigenvalue weighted by molar-refractivity contribution is 0.189. The van der Waals surface area contributed by atoms with Crippen molar-refractivity contribution in [2.75, 3.05) is 11.9 Å². The third-order valence-electron chi connectivity index (χ3n) is 3.62. The number of fused-ring (bicyclic) bond motifs is 1. The van der Waals surface area contributed by atoms with E-state index in [9.17, 15) is 9.90 Å². The van der Waals surface area contributed by atoms with Gasteiger partial charge in [0, 0.05) is 18.2 Å². The van der Waals surface area contributed by atoms with E-state index in [1.54, 1.807) is 19.1 Å². The number of nitrogens with zero attached hydrogens (tertiary/aromatic N) is 2. The van der Waals surface area contributed by atoms with Gasteiger partial charge in [0.05, 0.1) is 17.7 Å². The van der Waals surface area contributed by atoms with E-state index < -0.39 is 12.1 Å². The van der Waals surface area contributed by atoms with Crippen molar-refractivity contribution in [3.8, 4) is 5.75 Å².